The Kier molecular flexibility index (Phi) is 3.86. The van der Waals surface area contributed by atoms with Crippen LogP contribution in [0, 0.1) is 5.92 Å². The van der Waals surface area contributed by atoms with E-state index >= 15 is 0 Å². The molecule has 21 heavy (non-hydrogen) atoms. The minimum atomic E-state index is -0.101. The standard InChI is InChI=1S/C14H22N4O3/c1-9(7-19)12-6-15-14(20)11-5-13(16-18(11)12)17-3-4-21-8-10(17)2/h5,9-10,12,19H,3-4,6-8H2,1-2H3,(H,15,20)/t9-,10-,12+/m1/s1. The maximum atomic E-state index is 12.0. The normalized spacial score (nSPS) is 27.2. The van der Waals surface area contributed by atoms with E-state index in [1.807, 2.05) is 13.0 Å². The summed E-state index contributed by atoms with van der Waals surface area (Å²) >= 11 is 0. The molecule has 1 saturated heterocycles. The van der Waals surface area contributed by atoms with Crippen LogP contribution in [0.25, 0.3) is 0 Å². The Morgan fingerprint density at radius 2 is 2.43 bits per heavy atom. The number of nitrogens with zero attached hydrogens (tertiary/aromatic N) is 3. The number of carbonyl (C=O) groups is 1. The van der Waals surface area contributed by atoms with Gasteiger partial charge in [-0.1, -0.05) is 6.92 Å². The van der Waals surface area contributed by atoms with E-state index in [0.717, 1.165) is 12.4 Å². The third kappa shape index (κ3) is 2.51. The Morgan fingerprint density at radius 1 is 1.62 bits per heavy atom. The predicted octanol–water partition coefficient (Wildman–Crippen LogP) is 0.0211. The van der Waals surface area contributed by atoms with Crippen LogP contribution in [0.5, 0.6) is 0 Å². The van der Waals surface area contributed by atoms with E-state index in [4.69, 9.17) is 4.74 Å². The molecule has 7 nitrogen and oxygen atoms in total. The van der Waals surface area contributed by atoms with Gasteiger partial charge in [-0.15, -0.1) is 0 Å². The maximum Gasteiger partial charge on any atom is 0.269 e. The Balaban J connectivity index is 1.93. The Morgan fingerprint density at radius 3 is 3.14 bits per heavy atom. The molecule has 0 bridgehead atoms. The van der Waals surface area contributed by atoms with Crippen molar-refractivity contribution in [1.82, 2.24) is 15.1 Å². The second-order valence-electron chi connectivity index (χ2n) is 5.89. The van der Waals surface area contributed by atoms with E-state index in [1.165, 1.54) is 0 Å². The maximum absolute atomic E-state index is 12.0. The summed E-state index contributed by atoms with van der Waals surface area (Å²) < 4.78 is 7.22. The number of morpholine rings is 1. The highest BCUT2D eigenvalue weighted by Crippen LogP contribution is 2.27. The highest BCUT2D eigenvalue weighted by atomic mass is 16.5. The van der Waals surface area contributed by atoms with Gasteiger partial charge in [0.05, 0.1) is 25.3 Å². The van der Waals surface area contributed by atoms with Crippen molar-refractivity contribution < 1.29 is 14.6 Å². The van der Waals surface area contributed by atoms with Crippen LogP contribution in [-0.2, 0) is 4.74 Å². The highest BCUT2D eigenvalue weighted by Gasteiger charge is 2.32. The lowest BCUT2D eigenvalue weighted by molar-refractivity contribution is 0.0873. The van der Waals surface area contributed by atoms with Crippen LogP contribution in [-0.4, -0.2) is 59.7 Å². The molecule has 1 fully saturated rings. The minimum absolute atomic E-state index is 0.00667. The van der Waals surface area contributed by atoms with Crippen molar-refractivity contribution in [3.8, 4) is 0 Å². The number of hydrogen-bond acceptors (Lipinski definition) is 5. The van der Waals surface area contributed by atoms with Gasteiger partial charge in [-0.3, -0.25) is 9.48 Å². The molecule has 3 atom stereocenters. The third-order valence-electron chi connectivity index (χ3n) is 4.35. The summed E-state index contributed by atoms with van der Waals surface area (Å²) in [7, 11) is 0. The van der Waals surface area contributed by atoms with Gasteiger partial charge in [-0.2, -0.15) is 5.10 Å². The summed E-state index contributed by atoms with van der Waals surface area (Å²) in [5, 5.41) is 16.9. The molecule has 2 N–H and O–H groups in total. The number of hydrogen-bond donors (Lipinski definition) is 2. The largest absolute Gasteiger partial charge is 0.396 e. The fraction of sp³-hybridized carbons (Fsp3) is 0.714. The zero-order valence-corrected chi connectivity index (χ0v) is 12.5. The molecule has 0 radical (unpaired) electrons. The second kappa shape index (κ2) is 5.65. The zero-order chi connectivity index (χ0) is 15.0. The van der Waals surface area contributed by atoms with Gasteiger partial charge >= 0.3 is 0 Å². The molecule has 0 unspecified atom stereocenters. The number of anilines is 1. The molecule has 0 aliphatic carbocycles. The molecule has 0 spiro atoms. The molecule has 1 aromatic rings. The molecule has 0 saturated carbocycles. The van der Waals surface area contributed by atoms with E-state index in [9.17, 15) is 9.90 Å². The van der Waals surface area contributed by atoms with Crippen LogP contribution in [0.1, 0.15) is 30.4 Å². The number of aliphatic hydroxyl groups excluding tert-OH is 1. The summed E-state index contributed by atoms with van der Waals surface area (Å²) in [6.07, 6.45) is 0. The molecule has 3 rings (SSSR count). The summed E-state index contributed by atoms with van der Waals surface area (Å²) in [6.45, 7) is 6.76. The van der Waals surface area contributed by atoms with E-state index in [1.54, 1.807) is 4.68 Å². The molecule has 3 heterocycles. The van der Waals surface area contributed by atoms with Crippen molar-refractivity contribution in [2.45, 2.75) is 25.9 Å². The molecule has 7 heteroatoms. The van der Waals surface area contributed by atoms with E-state index in [0.29, 0.717) is 25.5 Å². The first-order chi connectivity index (χ1) is 10.1. The van der Waals surface area contributed by atoms with Gasteiger partial charge in [0, 0.05) is 31.7 Å². The predicted molar refractivity (Wildman–Crippen MR) is 77.5 cm³/mol. The second-order valence-corrected chi connectivity index (χ2v) is 5.89. The van der Waals surface area contributed by atoms with Crippen LogP contribution in [0.2, 0.25) is 0 Å². The van der Waals surface area contributed by atoms with E-state index < -0.39 is 0 Å². The van der Waals surface area contributed by atoms with Crippen molar-refractivity contribution in [3.63, 3.8) is 0 Å². The number of fused-ring (bicyclic) bond motifs is 1. The minimum Gasteiger partial charge on any atom is -0.396 e. The fourth-order valence-electron chi connectivity index (χ4n) is 2.95. The van der Waals surface area contributed by atoms with Gasteiger partial charge in [0.15, 0.2) is 5.82 Å². The first-order valence-electron chi connectivity index (χ1n) is 7.44. The number of aliphatic hydroxyl groups is 1. The molecule has 2 aliphatic rings. The van der Waals surface area contributed by atoms with Crippen LogP contribution < -0.4 is 10.2 Å². The van der Waals surface area contributed by atoms with Crippen molar-refractivity contribution in [3.05, 3.63) is 11.8 Å². The number of carbonyl (C=O) groups excluding carboxylic acids is 1. The number of nitrogens with one attached hydrogen (secondary N) is 1. The Bertz CT molecular complexity index is 530. The van der Waals surface area contributed by atoms with Crippen molar-refractivity contribution in [2.24, 2.45) is 5.92 Å². The van der Waals surface area contributed by atoms with Crippen LogP contribution in [0.3, 0.4) is 0 Å². The molecular formula is C14H22N4O3. The summed E-state index contributed by atoms with van der Waals surface area (Å²) in [6, 6.07) is 2.08. The molecule has 1 aromatic heterocycles. The van der Waals surface area contributed by atoms with Gasteiger partial charge in [0.25, 0.3) is 5.91 Å². The molecule has 0 aromatic carbocycles. The van der Waals surface area contributed by atoms with E-state index in [2.05, 4.69) is 22.2 Å². The topological polar surface area (TPSA) is 79.6 Å². The smallest absolute Gasteiger partial charge is 0.269 e. The van der Waals surface area contributed by atoms with Gasteiger partial charge in [-0.05, 0) is 6.92 Å². The zero-order valence-electron chi connectivity index (χ0n) is 12.5. The quantitative estimate of drug-likeness (QED) is 0.821. The number of amides is 1. The van der Waals surface area contributed by atoms with Crippen LogP contribution in [0.4, 0.5) is 5.82 Å². The SMILES string of the molecule is C[C@H](CO)[C@@H]1CNC(=O)c2cc(N3CCOC[C@H]3C)nn21. The lowest BCUT2D eigenvalue weighted by atomic mass is 10.0. The average molecular weight is 294 g/mol. The van der Waals surface area contributed by atoms with Gasteiger partial charge in [-0.25, -0.2) is 0 Å². The molecule has 1 amide bonds. The summed E-state index contributed by atoms with van der Waals surface area (Å²) in [5.74, 6) is 0.753. The van der Waals surface area contributed by atoms with Gasteiger partial charge in [0.2, 0.25) is 0 Å². The molecule has 2 aliphatic heterocycles. The molecule has 116 valence electrons. The van der Waals surface area contributed by atoms with Crippen molar-refractivity contribution >= 4 is 11.7 Å². The first kappa shape index (κ1) is 14.3. The monoisotopic (exact) mass is 294 g/mol. The number of rotatable bonds is 3. The lowest BCUT2D eigenvalue weighted by Crippen LogP contribution is -2.44. The van der Waals surface area contributed by atoms with E-state index in [-0.39, 0.29) is 30.5 Å². The third-order valence-corrected chi connectivity index (χ3v) is 4.35. The van der Waals surface area contributed by atoms with Crippen molar-refractivity contribution in [2.75, 3.05) is 37.8 Å². The summed E-state index contributed by atoms with van der Waals surface area (Å²) in [5.41, 5.74) is 0.570. The van der Waals surface area contributed by atoms with Crippen LogP contribution >= 0.6 is 0 Å². The van der Waals surface area contributed by atoms with Gasteiger partial charge in [0.1, 0.15) is 5.69 Å². The average Bonchev–Trinajstić information content (AvgIpc) is 2.93. The van der Waals surface area contributed by atoms with Gasteiger partial charge < -0.3 is 20.1 Å². The number of ether oxygens (including phenoxy) is 1. The Labute approximate surface area is 123 Å². The highest BCUT2D eigenvalue weighted by molar-refractivity contribution is 5.94. The van der Waals surface area contributed by atoms with Crippen LogP contribution in [0.15, 0.2) is 6.07 Å². The Hall–Kier alpha value is -1.60. The number of aromatic nitrogens is 2. The first-order valence-corrected chi connectivity index (χ1v) is 7.44. The lowest BCUT2D eigenvalue weighted by Gasteiger charge is -2.33. The molecular weight excluding hydrogens is 272 g/mol. The fourth-order valence-corrected chi connectivity index (χ4v) is 2.95. The van der Waals surface area contributed by atoms with Crippen molar-refractivity contribution in [1.29, 1.82) is 0 Å². The summed E-state index contributed by atoms with van der Waals surface area (Å²) in [4.78, 5) is 14.2.